The maximum absolute atomic E-state index is 13.4. The molecule has 0 saturated carbocycles. The minimum absolute atomic E-state index is 0. The summed E-state index contributed by atoms with van der Waals surface area (Å²) < 4.78 is 18.8. The number of amides is 1. The molecule has 1 aliphatic rings. The molecule has 24 heavy (non-hydrogen) atoms. The first-order chi connectivity index (χ1) is 11.1. The lowest BCUT2D eigenvalue weighted by atomic mass is 9.84. The van der Waals surface area contributed by atoms with E-state index in [1.165, 1.54) is 6.07 Å². The van der Waals surface area contributed by atoms with Gasteiger partial charge in [-0.3, -0.25) is 4.79 Å². The Bertz CT molecular complexity index is 510. The summed E-state index contributed by atoms with van der Waals surface area (Å²) in [4.78, 5) is 14.0. The van der Waals surface area contributed by atoms with Gasteiger partial charge in [0.15, 0.2) is 11.6 Å². The van der Waals surface area contributed by atoms with Crippen molar-refractivity contribution >= 4 is 18.3 Å². The van der Waals surface area contributed by atoms with Gasteiger partial charge < -0.3 is 15.0 Å². The number of nitrogens with one attached hydrogen (secondary N) is 1. The highest BCUT2D eigenvalue weighted by Gasteiger charge is 2.23. The minimum atomic E-state index is -0.374. The first kappa shape index (κ1) is 20.7. The van der Waals surface area contributed by atoms with Crippen molar-refractivity contribution in [2.45, 2.75) is 26.2 Å². The van der Waals surface area contributed by atoms with E-state index in [1.807, 2.05) is 0 Å². The zero-order valence-corrected chi connectivity index (χ0v) is 15.3. The molecule has 1 fully saturated rings. The second-order valence-corrected chi connectivity index (χ2v) is 6.36. The number of para-hydroxylation sites is 1. The van der Waals surface area contributed by atoms with Crippen LogP contribution in [-0.2, 0) is 4.79 Å². The van der Waals surface area contributed by atoms with E-state index in [2.05, 4.69) is 12.2 Å². The third kappa shape index (κ3) is 6.29. The van der Waals surface area contributed by atoms with Crippen LogP contribution in [0.15, 0.2) is 24.3 Å². The van der Waals surface area contributed by atoms with Crippen LogP contribution in [-0.4, -0.2) is 44.1 Å². The number of piperidine rings is 1. The Kier molecular flexibility index (Phi) is 9.08. The first-order valence-corrected chi connectivity index (χ1v) is 8.40. The van der Waals surface area contributed by atoms with Gasteiger partial charge in [-0.15, -0.1) is 12.4 Å². The summed E-state index contributed by atoms with van der Waals surface area (Å²) in [5.74, 6) is 1.02. The number of halogens is 2. The molecule has 0 spiro atoms. The molecule has 0 aromatic heterocycles. The Labute approximate surface area is 150 Å². The van der Waals surface area contributed by atoms with Crippen LogP contribution in [0.4, 0.5) is 4.39 Å². The van der Waals surface area contributed by atoms with Gasteiger partial charge in [-0.25, -0.2) is 4.39 Å². The van der Waals surface area contributed by atoms with Crippen LogP contribution in [0.2, 0.25) is 0 Å². The van der Waals surface area contributed by atoms with Gasteiger partial charge in [0.2, 0.25) is 5.91 Å². The molecule has 1 aromatic carbocycles. The molecule has 0 radical (unpaired) electrons. The molecule has 1 atom stereocenters. The van der Waals surface area contributed by atoms with Crippen LogP contribution in [0.5, 0.6) is 5.75 Å². The maximum atomic E-state index is 13.4. The molecule has 0 aliphatic carbocycles. The van der Waals surface area contributed by atoms with Crippen LogP contribution in [0, 0.1) is 17.7 Å². The van der Waals surface area contributed by atoms with Crippen LogP contribution in [0.1, 0.15) is 26.2 Å². The third-order valence-electron chi connectivity index (χ3n) is 4.63. The fraction of sp³-hybridized carbons (Fsp3) is 0.611. The summed E-state index contributed by atoms with van der Waals surface area (Å²) >= 11 is 0. The van der Waals surface area contributed by atoms with E-state index in [9.17, 15) is 9.18 Å². The zero-order valence-electron chi connectivity index (χ0n) is 14.5. The molecule has 1 aromatic rings. The van der Waals surface area contributed by atoms with Gasteiger partial charge in [0.05, 0.1) is 6.54 Å². The molecule has 136 valence electrons. The van der Waals surface area contributed by atoms with Crippen molar-refractivity contribution < 1.29 is 13.9 Å². The normalized spacial score (nSPS) is 16.1. The molecular formula is C18H28ClFN2O2. The second-order valence-electron chi connectivity index (χ2n) is 6.36. The summed E-state index contributed by atoms with van der Waals surface area (Å²) in [5, 5.41) is 3.35. The van der Waals surface area contributed by atoms with E-state index in [0.29, 0.717) is 31.4 Å². The predicted octanol–water partition coefficient (Wildman–Crippen LogP) is 3.11. The molecule has 0 bridgehead atoms. The Morgan fingerprint density at radius 2 is 2.04 bits per heavy atom. The topological polar surface area (TPSA) is 41.6 Å². The molecule has 6 heteroatoms. The van der Waals surface area contributed by atoms with Gasteiger partial charge in [0.1, 0.15) is 6.61 Å². The Balaban J connectivity index is 0.00000288. The van der Waals surface area contributed by atoms with Gasteiger partial charge in [-0.2, -0.15) is 0 Å². The van der Waals surface area contributed by atoms with E-state index in [4.69, 9.17) is 4.74 Å². The number of carbonyl (C=O) groups is 1. The lowest BCUT2D eigenvalue weighted by Crippen LogP contribution is -2.35. The molecule has 4 nitrogen and oxygen atoms in total. The second kappa shape index (κ2) is 10.5. The Morgan fingerprint density at radius 1 is 1.38 bits per heavy atom. The van der Waals surface area contributed by atoms with Crippen LogP contribution < -0.4 is 10.1 Å². The highest BCUT2D eigenvalue weighted by molar-refractivity contribution is 5.85. The monoisotopic (exact) mass is 358 g/mol. The molecular weight excluding hydrogens is 331 g/mol. The largest absolute Gasteiger partial charge is 0.489 e. The lowest BCUT2D eigenvalue weighted by Gasteiger charge is -2.29. The van der Waals surface area contributed by atoms with Crippen molar-refractivity contribution in [3.8, 4) is 5.75 Å². The quantitative estimate of drug-likeness (QED) is 0.814. The summed E-state index contributed by atoms with van der Waals surface area (Å²) in [6.07, 6.45) is 2.87. The van der Waals surface area contributed by atoms with Crippen LogP contribution >= 0.6 is 12.4 Å². The fourth-order valence-electron chi connectivity index (χ4n) is 2.99. The van der Waals surface area contributed by atoms with Crippen molar-refractivity contribution in [3.63, 3.8) is 0 Å². The Morgan fingerprint density at radius 3 is 2.71 bits per heavy atom. The maximum Gasteiger partial charge on any atom is 0.222 e. The number of hydrogen-bond acceptors (Lipinski definition) is 3. The third-order valence-corrected chi connectivity index (χ3v) is 4.63. The number of rotatable bonds is 7. The fourth-order valence-corrected chi connectivity index (χ4v) is 2.99. The summed E-state index contributed by atoms with van der Waals surface area (Å²) in [7, 11) is 1.78. The summed E-state index contributed by atoms with van der Waals surface area (Å²) in [6.45, 7) is 5.03. The minimum Gasteiger partial charge on any atom is -0.489 e. The SMILES string of the molecule is CC(CC(=O)N(C)CCOc1ccccc1F)C1CCNCC1.Cl. The average Bonchev–Trinajstić information content (AvgIpc) is 2.57. The van der Waals surface area contributed by atoms with E-state index >= 15 is 0 Å². The van der Waals surface area contributed by atoms with Crippen molar-refractivity contribution in [2.75, 3.05) is 33.3 Å². The standard InChI is InChI=1S/C18H27FN2O2.ClH/c1-14(15-7-9-20-10-8-15)13-18(22)21(2)11-12-23-17-6-4-3-5-16(17)19;/h3-6,14-15,20H,7-13H2,1-2H3;1H. The van der Waals surface area contributed by atoms with E-state index in [0.717, 1.165) is 25.9 Å². The van der Waals surface area contributed by atoms with Crippen LogP contribution in [0.3, 0.4) is 0 Å². The predicted molar refractivity (Wildman–Crippen MR) is 96.2 cm³/mol. The number of likely N-dealkylation sites (N-methyl/N-ethyl adjacent to an activating group) is 1. The van der Waals surface area contributed by atoms with Gasteiger partial charge in [0, 0.05) is 13.5 Å². The summed E-state index contributed by atoms with van der Waals surface area (Å²) in [5.41, 5.74) is 0. The summed E-state index contributed by atoms with van der Waals surface area (Å²) in [6, 6.07) is 6.31. The molecule has 1 aliphatic heterocycles. The van der Waals surface area contributed by atoms with E-state index < -0.39 is 0 Å². The number of carbonyl (C=O) groups excluding carboxylic acids is 1. The molecule has 1 heterocycles. The van der Waals surface area contributed by atoms with Gasteiger partial charge in [0.25, 0.3) is 0 Å². The molecule has 1 amide bonds. The van der Waals surface area contributed by atoms with Crippen LogP contribution in [0.25, 0.3) is 0 Å². The zero-order chi connectivity index (χ0) is 16.7. The van der Waals surface area contributed by atoms with Gasteiger partial charge in [-0.05, 0) is 49.9 Å². The average molecular weight is 359 g/mol. The van der Waals surface area contributed by atoms with Crippen molar-refractivity contribution in [1.82, 2.24) is 10.2 Å². The van der Waals surface area contributed by atoms with Crippen molar-refractivity contribution in [1.29, 1.82) is 0 Å². The highest BCUT2D eigenvalue weighted by atomic mass is 35.5. The number of hydrogen-bond donors (Lipinski definition) is 1. The van der Waals surface area contributed by atoms with E-state index in [-0.39, 0.29) is 29.9 Å². The molecule has 1 unspecified atom stereocenters. The smallest absolute Gasteiger partial charge is 0.222 e. The molecule has 1 saturated heterocycles. The molecule has 2 rings (SSSR count). The first-order valence-electron chi connectivity index (χ1n) is 8.40. The van der Waals surface area contributed by atoms with Gasteiger partial charge >= 0.3 is 0 Å². The van der Waals surface area contributed by atoms with E-state index in [1.54, 1.807) is 30.1 Å². The number of nitrogens with zero attached hydrogens (tertiary/aromatic N) is 1. The highest BCUT2D eigenvalue weighted by Crippen LogP contribution is 2.24. The van der Waals surface area contributed by atoms with Crippen molar-refractivity contribution in [3.05, 3.63) is 30.1 Å². The number of ether oxygens (including phenoxy) is 1. The Hall–Kier alpha value is -1.33. The lowest BCUT2D eigenvalue weighted by molar-refractivity contribution is -0.131. The van der Waals surface area contributed by atoms with Crippen molar-refractivity contribution in [2.24, 2.45) is 11.8 Å². The molecule has 1 N–H and O–H groups in total. The van der Waals surface area contributed by atoms with Gasteiger partial charge in [-0.1, -0.05) is 19.1 Å². The number of benzene rings is 1.